The number of nitrogens with zero attached hydrogens (tertiary/aromatic N) is 2. The van der Waals surface area contributed by atoms with Crippen molar-refractivity contribution in [3.8, 4) is 0 Å². The molecule has 1 aromatic heterocycles. The van der Waals surface area contributed by atoms with Crippen molar-refractivity contribution in [1.29, 1.82) is 0 Å². The molecule has 1 unspecified atom stereocenters. The van der Waals surface area contributed by atoms with Gasteiger partial charge in [-0.25, -0.2) is 4.98 Å². The van der Waals surface area contributed by atoms with E-state index in [0.29, 0.717) is 0 Å². The third-order valence-electron chi connectivity index (χ3n) is 2.07. The molecular formula is C10H16ClN3. The average molecular weight is 214 g/mol. The zero-order valence-electron chi connectivity index (χ0n) is 8.63. The second kappa shape index (κ2) is 5.81. The van der Waals surface area contributed by atoms with Gasteiger partial charge in [0.2, 0.25) is 0 Å². The largest absolute Gasteiger partial charge is 0.369 e. The monoisotopic (exact) mass is 213 g/mol. The molecule has 0 radical (unpaired) electrons. The Morgan fingerprint density at radius 2 is 2.14 bits per heavy atom. The van der Waals surface area contributed by atoms with E-state index in [2.05, 4.69) is 22.2 Å². The Labute approximate surface area is 89.9 Å². The molecule has 0 spiro atoms. The van der Waals surface area contributed by atoms with Crippen LogP contribution in [0, 0.1) is 6.92 Å². The van der Waals surface area contributed by atoms with Crippen LogP contribution in [0.25, 0.3) is 0 Å². The van der Waals surface area contributed by atoms with Gasteiger partial charge in [0.25, 0.3) is 0 Å². The van der Waals surface area contributed by atoms with Crippen LogP contribution in [0.2, 0.25) is 0 Å². The van der Waals surface area contributed by atoms with Crippen molar-refractivity contribution < 1.29 is 0 Å². The van der Waals surface area contributed by atoms with Gasteiger partial charge in [0, 0.05) is 24.3 Å². The molecule has 0 aromatic carbocycles. The Bertz CT molecular complexity index is 278. The number of aryl methyl sites for hydroxylation is 1. The van der Waals surface area contributed by atoms with Crippen LogP contribution in [-0.2, 0) is 0 Å². The maximum atomic E-state index is 6.00. The number of halogens is 1. The van der Waals surface area contributed by atoms with E-state index in [1.807, 2.05) is 6.92 Å². The molecule has 0 aliphatic carbocycles. The number of rotatable bonds is 5. The van der Waals surface area contributed by atoms with Gasteiger partial charge in [-0.15, -0.1) is 11.6 Å². The highest BCUT2D eigenvalue weighted by Gasteiger charge is 2.02. The summed E-state index contributed by atoms with van der Waals surface area (Å²) in [5, 5.41) is 3.47. The second-order valence-electron chi connectivity index (χ2n) is 3.21. The maximum Gasteiger partial charge on any atom is 0.147 e. The number of nitrogens with one attached hydrogen (secondary N) is 1. The summed E-state index contributed by atoms with van der Waals surface area (Å²) >= 11 is 6.00. The van der Waals surface area contributed by atoms with Crippen LogP contribution < -0.4 is 5.32 Å². The van der Waals surface area contributed by atoms with E-state index in [1.165, 1.54) is 0 Å². The summed E-state index contributed by atoms with van der Waals surface area (Å²) in [4.78, 5) is 8.32. The first-order valence-corrected chi connectivity index (χ1v) is 5.33. The van der Waals surface area contributed by atoms with Crippen molar-refractivity contribution in [3.05, 3.63) is 18.1 Å². The number of aromatic nitrogens is 2. The van der Waals surface area contributed by atoms with Crippen LogP contribution in [-0.4, -0.2) is 21.9 Å². The molecule has 14 heavy (non-hydrogen) atoms. The molecule has 0 bridgehead atoms. The SMILES string of the molecule is CCC(Cl)CCNc1nccnc1C. The molecule has 1 N–H and O–H groups in total. The van der Waals surface area contributed by atoms with Crippen molar-refractivity contribution in [2.45, 2.75) is 32.1 Å². The first-order valence-electron chi connectivity index (χ1n) is 4.89. The summed E-state index contributed by atoms with van der Waals surface area (Å²) in [5.41, 5.74) is 0.926. The third kappa shape index (κ3) is 3.50. The lowest BCUT2D eigenvalue weighted by atomic mass is 10.2. The second-order valence-corrected chi connectivity index (χ2v) is 3.83. The maximum absolute atomic E-state index is 6.00. The summed E-state index contributed by atoms with van der Waals surface area (Å²) in [7, 11) is 0. The van der Waals surface area contributed by atoms with Crippen LogP contribution in [0.15, 0.2) is 12.4 Å². The fraction of sp³-hybridized carbons (Fsp3) is 0.600. The number of alkyl halides is 1. The van der Waals surface area contributed by atoms with Gasteiger partial charge in [-0.05, 0) is 19.8 Å². The van der Waals surface area contributed by atoms with Gasteiger partial charge < -0.3 is 5.32 Å². The zero-order valence-corrected chi connectivity index (χ0v) is 9.38. The lowest BCUT2D eigenvalue weighted by molar-refractivity contribution is 0.751. The van der Waals surface area contributed by atoms with Crippen LogP contribution in [0.3, 0.4) is 0 Å². The highest BCUT2D eigenvalue weighted by molar-refractivity contribution is 6.20. The molecule has 0 saturated heterocycles. The molecule has 3 nitrogen and oxygen atoms in total. The molecule has 0 amide bonds. The van der Waals surface area contributed by atoms with Crippen LogP contribution in [0.5, 0.6) is 0 Å². The molecule has 78 valence electrons. The van der Waals surface area contributed by atoms with E-state index in [1.54, 1.807) is 12.4 Å². The van der Waals surface area contributed by atoms with E-state index in [-0.39, 0.29) is 5.38 Å². The van der Waals surface area contributed by atoms with Crippen LogP contribution in [0.4, 0.5) is 5.82 Å². The van der Waals surface area contributed by atoms with Crippen LogP contribution >= 0.6 is 11.6 Å². The fourth-order valence-electron chi connectivity index (χ4n) is 1.13. The van der Waals surface area contributed by atoms with E-state index < -0.39 is 0 Å². The summed E-state index contributed by atoms with van der Waals surface area (Å²) in [6.07, 6.45) is 5.33. The molecular weight excluding hydrogens is 198 g/mol. The predicted octanol–water partition coefficient (Wildman–Crippen LogP) is 2.60. The Morgan fingerprint density at radius 3 is 2.79 bits per heavy atom. The van der Waals surface area contributed by atoms with Crippen molar-refractivity contribution in [3.63, 3.8) is 0 Å². The normalized spacial score (nSPS) is 12.5. The fourth-order valence-corrected chi connectivity index (χ4v) is 1.24. The van der Waals surface area contributed by atoms with Crippen molar-refractivity contribution in [1.82, 2.24) is 9.97 Å². The van der Waals surface area contributed by atoms with Gasteiger partial charge in [0.1, 0.15) is 5.82 Å². The van der Waals surface area contributed by atoms with Gasteiger partial charge in [0.05, 0.1) is 5.69 Å². The van der Waals surface area contributed by atoms with Gasteiger partial charge in [-0.1, -0.05) is 6.92 Å². The van der Waals surface area contributed by atoms with Crippen molar-refractivity contribution in [2.24, 2.45) is 0 Å². The van der Waals surface area contributed by atoms with Crippen molar-refractivity contribution in [2.75, 3.05) is 11.9 Å². The minimum atomic E-state index is 0.250. The minimum Gasteiger partial charge on any atom is -0.369 e. The lowest BCUT2D eigenvalue weighted by Gasteiger charge is -2.09. The standard InChI is InChI=1S/C10H16ClN3/c1-3-9(11)4-5-13-10-8(2)12-6-7-14-10/h6-7,9H,3-5H2,1-2H3,(H,13,14). The molecule has 0 aliphatic heterocycles. The quantitative estimate of drug-likeness (QED) is 0.765. The van der Waals surface area contributed by atoms with Crippen molar-refractivity contribution >= 4 is 17.4 Å². The van der Waals surface area contributed by atoms with E-state index >= 15 is 0 Å². The Morgan fingerprint density at radius 1 is 1.43 bits per heavy atom. The third-order valence-corrected chi connectivity index (χ3v) is 2.60. The summed E-state index contributed by atoms with van der Waals surface area (Å²) in [5.74, 6) is 0.854. The first-order chi connectivity index (χ1) is 6.74. The molecule has 1 aromatic rings. The smallest absolute Gasteiger partial charge is 0.147 e. The summed E-state index contributed by atoms with van der Waals surface area (Å²) in [6.45, 7) is 4.88. The summed E-state index contributed by atoms with van der Waals surface area (Å²) in [6, 6.07) is 0. The van der Waals surface area contributed by atoms with E-state index in [9.17, 15) is 0 Å². The van der Waals surface area contributed by atoms with E-state index in [4.69, 9.17) is 11.6 Å². The molecule has 1 rings (SSSR count). The molecule has 1 atom stereocenters. The molecule has 0 fully saturated rings. The lowest BCUT2D eigenvalue weighted by Crippen LogP contribution is -2.10. The predicted molar refractivity (Wildman–Crippen MR) is 59.8 cm³/mol. The zero-order chi connectivity index (χ0) is 10.4. The van der Waals surface area contributed by atoms with Gasteiger partial charge >= 0.3 is 0 Å². The molecule has 0 saturated carbocycles. The Kier molecular flexibility index (Phi) is 4.66. The summed E-state index contributed by atoms with van der Waals surface area (Å²) < 4.78 is 0. The highest BCUT2D eigenvalue weighted by atomic mass is 35.5. The van der Waals surface area contributed by atoms with Gasteiger partial charge in [-0.3, -0.25) is 4.98 Å². The van der Waals surface area contributed by atoms with Gasteiger partial charge in [-0.2, -0.15) is 0 Å². The first kappa shape index (κ1) is 11.2. The van der Waals surface area contributed by atoms with E-state index in [0.717, 1.165) is 30.9 Å². The number of anilines is 1. The molecule has 4 heteroatoms. The number of hydrogen-bond acceptors (Lipinski definition) is 3. The number of hydrogen-bond donors (Lipinski definition) is 1. The molecule has 0 aliphatic rings. The Hall–Kier alpha value is -0.830. The topological polar surface area (TPSA) is 37.8 Å². The van der Waals surface area contributed by atoms with Gasteiger partial charge in [0.15, 0.2) is 0 Å². The highest BCUT2D eigenvalue weighted by Crippen LogP contribution is 2.09. The minimum absolute atomic E-state index is 0.250. The van der Waals surface area contributed by atoms with Crippen LogP contribution in [0.1, 0.15) is 25.5 Å². The average Bonchev–Trinajstić information content (AvgIpc) is 2.20. The Balaban J connectivity index is 2.35. The molecule has 1 heterocycles.